The highest BCUT2D eigenvalue weighted by atomic mass is 32.1. The maximum Gasteiger partial charge on any atom is 0.126 e. The summed E-state index contributed by atoms with van der Waals surface area (Å²) in [6.07, 6.45) is 0.445. The van der Waals surface area contributed by atoms with Crippen LogP contribution in [0.25, 0.3) is 0 Å². The van der Waals surface area contributed by atoms with Gasteiger partial charge < -0.3 is 5.32 Å². The van der Waals surface area contributed by atoms with Crippen LogP contribution in [-0.2, 0) is 6.42 Å². The van der Waals surface area contributed by atoms with Gasteiger partial charge in [-0.3, -0.25) is 0 Å². The maximum absolute atomic E-state index is 13.5. The number of hydrogen-bond donors (Lipinski definition) is 1. The van der Waals surface area contributed by atoms with Crippen LogP contribution in [0.3, 0.4) is 0 Å². The van der Waals surface area contributed by atoms with Crippen molar-refractivity contribution >= 4 is 11.3 Å². The van der Waals surface area contributed by atoms with Crippen LogP contribution in [0, 0.1) is 11.6 Å². The van der Waals surface area contributed by atoms with E-state index in [1.165, 1.54) is 12.1 Å². The van der Waals surface area contributed by atoms with E-state index in [0.717, 1.165) is 10.9 Å². The molecule has 0 amide bonds. The lowest BCUT2D eigenvalue weighted by atomic mass is 10.0. The van der Waals surface area contributed by atoms with Crippen LogP contribution in [0.5, 0.6) is 0 Å². The molecular weight excluding hydrogens is 240 g/mol. The molecule has 2 rings (SSSR count). The summed E-state index contributed by atoms with van der Waals surface area (Å²) >= 11 is 1.61. The SMILES string of the molecule is CNC(Cc1cc(F)ccc1F)c1cccs1. The summed E-state index contributed by atoms with van der Waals surface area (Å²) in [5, 5.41) is 5.09. The molecule has 1 aromatic carbocycles. The minimum Gasteiger partial charge on any atom is -0.312 e. The minimum absolute atomic E-state index is 0.0197. The van der Waals surface area contributed by atoms with E-state index in [4.69, 9.17) is 0 Å². The molecule has 0 saturated carbocycles. The molecule has 0 spiro atoms. The Morgan fingerprint density at radius 2 is 2.12 bits per heavy atom. The van der Waals surface area contributed by atoms with Crippen LogP contribution in [0.4, 0.5) is 8.78 Å². The lowest BCUT2D eigenvalue weighted by Crippen LogP contribution is -2.18. The monoisotopic (exact) mass is 253 g/mol. The summed E-state index contributed by atoms with van der Waals surface area (Å²) in [4.78, 5) is 1.12. The Bertz CT molecular complexity index is 482. The Morgan fingerprint density at radius 1 is 1.29 bits per heavy atom. The van der Waals surface area contributed by atoms with E-state index in [-0.39, 0.29) is 11.9 Å². The van der Waals surface area contributed by atoms with E-state index in [1.54, 1.807) is 11.3 Å². The van der Waals surface area contributed by atoms with Gasteiger partial charge in [0.25, 0.3) is 0 Å². The van der Waals surface area contributed by atoms with E-state index in [2.05, 4.69) is 5.32 Å². The second-order valence-electron chi connectivity index (χ2n) is 3.80. The second kappa shape index (κ2) is 5.38. The highest BCUT2D eigenvalue weighted by Crippen LogP contribution is 2.24. The Morgan fingerprint density at radius 3 is 2.76 bits per heavy atom. The first kappa shape index (κ1) is 12.2. The second-order valence-corrected chi connectivity index (χ2v) is 4.78. The van der Waals surface area contributed by atoms with Gasteiger partial charge in [0, 0.05) is 10.9 Å². The van der Waals surface area contributed by atoms with E-state index in [9.17, 15) is 8.78 Å². The average molecular weight is 253 g/mol. The lowest BCUT2D eigenvalue weighted by molar-refractivity contribution is 0.548. The first-order valence-electron chi connectivity index (χ1n) is 5.35. The van der Waals surface area contributed by atoms with Gasteiger partial charge in [0.05, 0.1) is 0 Å². The van der Waals surface area contributed by atoms with Crippen LogP contribution < -0.4 is 5.32 Å². The molecule has 17 heavy (non-hydrogen) atoms. The van der Waals surface area contributed by atoms with E-state index >= 15 is 0 Å². The zero-order chi connectivity index (χ0) is 12.3. The average Bonchev–Trinajstić information content (AvgIpc) is 2.84. The van der Waals surface area contributed by atoms with E-state index in [1.807, 2.05) is 24.6 Å². The third kappa shape index (κ3) is 2.90. The first-order chi connectivity index (χ1) is 8.20. The molecule has 1 nitrogen and oxygen atoms in total. The molecule has 0 aliphatic rings. The fourth-order valence-electron chi connectivity index (χ4n) is 1.75. The van der Waals surface area contributed by atoms with Crippen molar-refractivity contribution in [1.82, 2.24) is 5.32 Å². The van der Waals surface area contributed by atoms with Crippen molar-refractivity contribution in [2.24, 2.45) is 0 Å². The van der Waals surface area contributed by atoms with Crippen LogP contribution in [0.2, 0.25) is 0 Å². The number of hydrogen-bond acceptors (Lipinski definition) is 2. The Balaban J connectivity index is 2.21. The molecule has 90 valence electrons. The molecule has 1 unspecified atom stereocenters. The summed E-state index contributed by atoms with van der Waals surface area (Å²) in [7, 11) is 1.82. The summed E-state index contributed by atoms with van der Waals surface area (Å²) < 4.78 is 26.6. The van der Waals surface area contributed by atoms with E-state index in [0.29, 0.717) is 12.0 Å². The molecule has 1 atom stereocenters. The number of halogens is 2. The fourth-order valence-corrected chi connectivity index (χ4v) is 2.59. The van der Waals surface area contributed by atoms with Gasteiger partial charge in [0.2, 0.25) is 0 Å². The van der Waals surface area contributed by atoms with Gasteiger partial charge in [-0.2, -0.15) is 0 Å². The molecule has 2 aromatic rings. The third-order valence-corrected chi connectivity index (χ3v) is 3.65. The van der Waals surface area contributed by atoms with Crippen molar-refractivity contribution in [1.29, 1.82) is 0 Å². The summed E-state index contributed by atoms with van der Waals surface area (Å²) in [6.45, 7) is 0. The van der Waals surface area contributed by atoms with Gasteiger partial charge in [0.15, 0.2) is 0 Å². The molecule has 4 heteroatoms. The number of rotatable bonds is 4. The molecule has 0 aliphatic carbocycles. The number of nitrogens with one attached hydrogen (secondary N) is 1. The predicted molar refractivity (Wildman–Crippen MR) is 66.2 cm³/mol. The van der Waals surface area contributed by atoms with Crippen LogP contribution in [0.1, 0.15) is 16.5 Å². The van der Waals surface area contributed by atoms with Crippen molar-refractivity contribution in [2.75, 3.05) is 7.05 Å². The van der Waals surface area contributed by atoms with Crippen molar-refractivity contribution < 1.29 is 8.78 Å². The number of benzene rings is 1. The molecule has 0 aliphatic heterocycles. The van der Waals surface area contributed by atoms with Crippen molar-refractivity contribution in [3.05, 3.63) is 57.8 Å². The smallest absolute Gasteiger partial charge is 0.126 e. The quantitative estimate of drug-likeness (QED) is 0.879. The Kier molecular flexibility index (Phi) is 3.86. The zero-order valence-corrected chi connectivity index (χ0v) is 10.2. The van der Waals surface area contributed by atoms with Gasteiger partial charge in [-0.1, -0.05) is 6.07 Å². The minimum atomic E-state index is -0.401. The molecular formula is C13H13F2NS. The number of likely N-dealkylation sites (N-methyl/N-ethyl adjacent to an activating group) is 1. The summed E-state index contributed by atoms with van der Waals surface area (Å²) in [5.41, 5.74) is 0.401. The highest BCUT2D eigenvalue weighted by Gasteiger charge is 2.14. The molecule has 0 bridgehead atoms. The summed E-state index contributed by atoms with van der Waals surface area (Å²) in [6, 6.07) is 7.53. The van der Waals surface area contributed by atoms with Crippen molar-refractivity contribution in [3.8, 4) is 0 Å². The number of thiophene rings is 1. The fraction of sp³-hybridized carbons (Fsp3) is 0.231. The molecule has 0 saturated heterocycles. The van der Waals surface area contributed by atoms with Crippen LogP contribution >= 0.6 is 11.3 Å². The topological polar surface area (TPSA) is 12.0 Å². The largest absolute Gasteiger partial charge is 0.312 e. The Hall–Kier alpha value is -1.26. The van der Waals surface area contributed by atoms with E-state index < -0.39 is 5.82 Å². The molecule has 1 aromatic heterocycles. The predicted octanol–water partition coefficient (Wildman–Crippen LogP) is 3.53. The summed E-state index contributed by atoms with van der Waals surface area (Å²) in [5.74, 6) is -0.759. The lowest BCUT2D eigenvalue weighted by Gasteiger charge is -2.15. The standard InChI is InChI=1S/C13H13F2NS/c1-16-12(13-3-2-6-17-13)8-9-7-10(14)4-5-11(9)15/h2-7,12,16H,8H2,1H3. The molecule has 1 N–H and O–H groups in total. The Labute approximate surface area is 103 Å². The molecule has 0 fully saturated rings. The van der Waals surface area contributed by atoms with Crippen LogP contribution in [-0.4, -0.2) is 7.05 Å². The first-order valence-corrected chi connectivity index (χ1v) is 6.23. The van der Waals surface area contributed by atoms with Gasteiger partial charge in [-0.05, 0) is 48.7 Å². The molecule has 1 heterocycles. The van der Waals surface area contributed by atoms with Crippen molar-refractivity contribution in [3.63, 3.8) is 0 Å². The normalized spacial score (nSPS) is 12.6. The van der Waals surface area contributed by atoms with Crippen LogP contribution in [0.15, 0.2) is 35.7 Å². The van der Waals surface area contributed by atoms with Gasteiger partial charge in [-0.15, -0.1) is 11.3 Å². The highest BCUT2D eigenvalue weighted by molar-refractivity contribution is 7.10. The van der Waals surface area contributed by atoms with Gasteiger partial charge in [-0.25, -0.2) is 8.78 Å². The molecule has 0 radical (unpaired) electrons. The zero-order valence-electron chi connectivity index (χ0n) is 9.41. The van der Waals surface area contributed by atoms with Gasteiger partial charge >= 0.3 is 0 Å². The van der Waals surface area contributed by atoms with Gasteiger partial charge in [0.1, 0.15) is 11.6 Å². The maximum atomic E-state index is 13.5. The van der Waals surface area contributed by atoms with Crippen molar-refractivity contribution in [2.45, 2.75) is 12.5 Å². The third-order valence-electron chi connectivity index (χ3n) is 2.67.